The normalized spacial score (nSPS) is 18.6. The fourth-order valence-electron chi connectivity index (χ4n) is 2.82. The van der Waals surface area contributed by atoms with Crippen molar-refractivity contribution >= 4 is 11.4 Å². The number of hydrogen-bond acceptors (Lipinski definition) is 5. The molecule has 1 aromatic carbocycles. The lowest BCUT2D eigenvalue weighted by molar-refractivity contribution is -0.385. The summed E-state index contributed by atoms with van der Waals surface area (Å²) in [6, 6.07) is 5.44. The van der Waals surface area contributed by atoms with Crippen molar-refractivity contribution in [3.05, 3.63) is 28.3 Å². The molecule has 1 unspecified atom stereocenters. The molecule has 1 atom stereocenters. The molecule has 21 heavy (non-hydrogen) atoms. The minimum absolute atomic E-state index is 0.0614. The predicted molar refractivity (Wildman–Crippen MR) is 82.9 cm³/mol. The molecule has 0 aliphatic carbocycles. The fourth-order valence-corrected chi connectivity index (χ4v) is 2.82. The summed E-state index contributed by atoms with van der Waals surface area (Å²) in [6.45, 7) is 3.77. The summed E-state index contributed by atoms with van der Waals surface area (Å²) < 4.78 is 5.55. The fraction of sp³-hybridized carbons (Fsp3) is 0.600. The van der Waals surface area contributed by atoms with Crippen LogP contribution >= 0.6 is 0 Å². The summed E-state index contributed by atoms with van der Waals surface area (Å²) in [7, 11) is 0. The van der Waals surface area contributed by atoms with Gasteiger partial charge in [0.15, 0.2) is 5.75 Å². The summed E-state index contributed by atoms with van der Waals surface area (Å²) in [4.78, 5) is 13.2. The molecule has 0 radical (unpaired) electrons. The first kappa shape index (κ1) is 15.6. The molecule has 0 amide bonds. The van der Waals surface area contributed by atoms with Gasteiger partial charge in [-0.3, -0.25) is 10.1 Å². The SMILES string of the molecule is CCCOc1cccc(N2CCCCC2CN)c1[N+](=O)[O-]. The van der Waals surface area contributed by atoms with Crippen molar-refractivity contribution in [2.24, 2.45) is 5.73 Å². The van der Waals surface area contributed by atoms with Crippen LogP contribution < -0.4 is 15.4 Å². The van der Waals surface area contributed by atoms with E-state index in [0.29, 0.717) is 24.6 Å². The highest BCUT2D eigenvalue weighted by molar-refractivity contribution is 5.70. The van der Waals surface area contributed by atoms with Crippen LogP contribution in [0.25, 0.3) is 0 Å². The van der Waals surface area contributed by atoms with Crippen LogP contribution in [0, 0.1) is 10.1 Å². The zero-order valence-electron chi connectivity index (χ0n) is 12.5. The summed E-state index contributed by atoms with van der Waals surface area (Å²) in [6.07, 6.45) is 3.95. The molecule has 1 fully saturated rings. The van der Waals surface area contributed by atoms with Crippen LogP contribution in [0.4, 0.5) is 11.4 Å². The molecule has 1 aromatic rings. The molecule has 6 heteroatoms. The molecule has 0 saturated carbocycles. The van der Waals surface area contributed by atoms with E-state index in [0.717, 1.165) is 32.2 Å². The van der Waals surface area contributed by atoms with E-state index in [9.17, 15) is 10.1 Å². The Labute approximate surface area is 125 Å². The van der Waals surface area contributed by atoms with E-state index < -0.39 is 0 Å². The summed E-state index contributed by atoms with van der Waals surface area (Å²) in [5, 5.41) is 11.5. The number of hydrogen-bond donors (Lipinski definition) is 1. The van der Waals surface area contributed by atoms with Crippen molar-refractivity contribution in [1.82, 2.24) is 0 Å². The summed E-state index contributed by atoms with van der Waals surface area (Å²) >= 11 is 0. The van der Waals surface area contributed by atoms with E-state index in [1.165, 1.54) is 0 Å². The second-order valence-electron chi connectivity index (χ2n) is 5.31. The van der Waals surface area contributed by atoms with E-state index in [-0.39, 0.29) is 16.7 Å². The van der Waals surface area contributed by atoms with Crippen LogP contribution in [0.3, 0.4) is 0 Å². The van der Waals surface area contributed by atoms with Gasteiger partial charge < -0.3 is 15.4 Å². The molecular formula is C15H23N3O3. The van der Waals surface area contributed by atoms with Gasteiger partial charge in [0, 0.05) is 19.1 Å². The standard InChI is InChI=1S/C15H23N3O3/c1-2-10-21-14-8-5-7-13(15(14)18(19)20)17-9-4-3-6-12(17)11-16/h5,7-8,12H,2-4,6,9-11,16H2,1H3. The van der Waals surface area contributed by atoms with Crippen LogP contribution in [0.1, 0.15) is 32.6 Å². The number of nitro benzene ring substituents is 1. The van der Waals surface area contributed by atoms with E-state index in [2.05, 4.69) is 4.90 Å². The van der Waals surface area contributed by atoms with E-state index in [1.54, 1.807) is 12.1 Å². The average molecular weight is 293 g/mol. The van der Waals surface area contributed by atoms with Gasteiger partial charge in [-0.25, -0.2) is 0 Å². The predicted octanol–water partition coefficient (Wildman–Crippen LogP) is 2.70. The number of rotatable bonds is 6. The Morgan fingerprint density at radius 1 is 1.48 bits per heavy atom. The first-order valence-electron chi connectivity index (χ1n) is 7.56. The largest absolute Gasteiger partial charge is 0.487 e. The Bertz CT molecular complexity index is 493. The Balaban J connectivity index is 2.39. The highest BCUT2D eigenvalue weighted by Crippen LogP contribution is 2.39. The number of nitrogens with two attached hydrogens (primary N) is 1. The molecule has 2 N–H and O–H groups in total. The molecule has 0 bridgehead atoms. The van der Waals surface area contributed by atoms with Gasteiger partial charge in [0.05, 0.1) is 11.5 Å². The monoisotopic (exact) mass is 293 g/mol. The molecule has 1 aliphatic rings. The lowest BCUT2D eigenvalue weighted by Crippen LogP contribution is -2.44. The topological polar surface area (TPSA) is 81.6 Å². The quantitative estimate of drug-likeness (QED) is 0.644. The number of nitrogens with zero attached hydrogens (tertiary/aromatic N) is 2. The van der Waals surface area contributed by atoms with Gasteiger partial charge >= 0.3 is 5.69 Å². The smallest absolute Gasteiger partial charge is 0.333 e. The Kier molecular flexibility index (Phi) is 5.38. The molecule has 1 heterocycles. The van der Waals surface area contributed by atoms with E-state index in [1.807, 2.05) is 13.0 Å². The van der Waals surface area contributed by atoms with Crippen molar-refractivity contribution in [2.75, 3.05) is 24.6 Å². The van der Waals surface area contributed by atoms with Crippen LogP contribution in [0.15, 0.2) is 18.2 Å². The number of piperidine rings is 1. The molecule has 6 nitrogen and oxygen atoms in total. The van der Waals surface area contributed by atoms with Gasteiger partial charge in [0.1, 0.15) is 5.69 Å². The summed E-state index contributed by atoms with van der Waals surface area (Å²) in [5.41, 5.74) is 6.52. The van der Waals surface area contributed by atoms with Gasteiger partial charge in [0.2, 0.25) is 0 Å². The van der Waals surface area contributed by atoms with Crippen molar-refractivity contribution in [1.29, 1.82) is 0 Å². The van der Waals surface area contributed by atoms with Gasteiger partial charge in [-0.15, -0.1) is 0 Å². The summed E-state index contributed by atoms with van der Waals surface area (Å²) in [5.74, 6) is 0.348. The number of ether oxygens (including phenoxy) is 1. The number of nitro groups is 1. The Hall–Kier alpha value is -1.82. The number of anilines is 1. The minimum atomic E-state index is -0.345. The van der Waals surface area contributed by atoms with Gasteiger partial charge in [-0.2, -0.15) is 0 Å². The lowest BCUT2D eigenvalue weighted by Gasteiger charge is -2.36. The van der Waals surface area contributed by atoms with Gasteiger partial charge in [-0.1, -0.05) is 13.0 Å². The van der Waals surface area contributed by atoms with E-state index in [4.69, 9.17) is 10.5 Å². The van der Waals surface area contributed by atoms with Crippen LogP contribution in [0.2, 0.25) is 0 Å². The Morgan fingerprint density at radius 3 is 2.95 bits per heavy atom. The molecule has 1 aliphatic heterocycles. The molecule has 1 saturated heterocycles. The van der Waals surface area contributed by atoms with Crippen LogP contribution in [-0.2, 0) is 0 Å². The zero-order chi connectivity index (χ0) is 15.2. The second-order valence-corrected chi connectivity index (χ2v) is 5.31. The lowest BCUT2D eigenvalue weighted by atomic mass is 10.0. The average Bonchev–Trinajstić information content (AvgIpc) is 2.52. The third-order valence-corrected chi connectivity index (χ3v) is 3.83. The highest BCUT2D eigenvalue weighted by Gasteiger charge is 2.30. The number of para-hydroxylation sites is 1. The molecule has 0 aromatic heterocycles. The maximum Gasteiger partial charge on any atom is 0.333 e. The first-order chi connectivity index (χ1) is 10.2. The van der Waals surface area contributed by atoms with Crippen LogP contribution in [-0.4, -0.2) is 30.7 Å². The van der Waals surface area contributed by atoms with Gasteiger partial charge in [0.25, 0.3) is 0 Å². The molecule has 0 spiro atoms. The zero-order valence-corrected chi connectivity index (χ0v) is 12.5. The Morgan fingerprint density at radius 2 is 2.29 bits per heavy atom. The maximum atomic E-state index is 11.5. The number of benzene rings is 1. The second kappa shape index (κ2) is 7.26. The third-order valence-electron chi connectivity index (χ3n) is 3.83. The molecule has 116 valence electrons. The van der Waals surface area contributed by atoms with Crippen molar-refractivity contribution in [3.63, 3.8) is 0 Å². The minimum Gasteiger partial charge on any atom is -0.487 e. The van der Waals surface area contributed by atoms with Crippen molar-refractivity contribution in [2.45, 2.75) is 38.6 Å². The van der Waals surface area contributed by atoms with Gasteiger partial charge in [-0.05, 0) is 37.8 Å². The first-order valence-corrected chi connectivity index (χ1v) is 7.56. The van der Waals surface area contributed by atoms with E-state index >= 15 is 0 Å². The van der Waals surface area contributed by atoms with Crippen molar-refractivity contribution < 1.29 is 9.66 Å². The highest BCUT2D eigenvalue weighted by atomic mass is 16.6. The molecule has 2 rings (SSSR count). The molecular weight excluding hydrogens is 270 g/mol. The third kappa shape index (κ3) is 3.44. The van der Waals surface area contributed by atoms with Crippen LogP contribution in [0.5, 0.6) is 5.75 Å². The van der Waals surface area contributed by atoms with Crippen molar-refractivity contribution in [3.8, 4) is 5.75 Å². The maximum absolute atomic E-state index is 11.5.